The van der Waals surface area contributed by atoms with E-state index in [0.29, 0.717) is 29.8 Å². The Hall–Kier alpha value is -0.980. The van der Waals surface area contributed by atoms with Crippen molar-refractivity contribution in [2.45, 2.75) is 11.8 Å². The first-order valence-electron chi connectivity index (χ1n) is 5.06. The number of anilines is 1. The van der Waals surface area contributed by atoms with Crippen LogP contribution in [0.5, 0.6) is 0 Å². The van der Waals surface area contributed by atoms with Crippen molar-refractivity contribution in [2.24, 2.45) is 5.14 Å². The molecule has 1 aliphatic heterocycles. The van der Waals surface area contributed by atoms with Gasteiger partial charge in [-0.3, -0.25) is 9.93 Å². The average molecular weight is 242 g/mol. The third-order valence-electron chi connectivity index (χ3n) is 2.50. The Morgan fingerprint density at radius 2 is 2.12 bits per heavy atom. The number of ether oxygens (including phenoxy) is 1. The summed E-state index contributed by atoms with van der Waals surface area (Å²) in [5, 5.41) is 5.40. The molecule has 0 saturated carbocycles. The lowest BCUT2D eigenvalue weighted by atomic mass is 10.3. The van der Waals surface area contributed by atoms with Gasteiger partial charge in [0.1, 0.15) is 10.7 Å². The summed E-state index contributed by atoms with van der Waals surface area (Å²) in [6, 6.07) is 1.49. The van der Waals surface area contributed by atoms with Crippen molar-refractivity contribution in [3.05, 3.63) is 22.0 Å². The van der Waals surface area contributed by atoms with E-state index in [4.69, 9.17) is 14.3 Å². The molecular formula is C10H14N2O3S. The highest BCUT2D eigenvalue weighted by Crippen LogP contribution is 2.20. The second-order valence-corrected chi connectivity index (χ2v) is 4.20. The standard InChI is InChI=1S/C10H14N2O3S/c1-7-10(16-11)8(13)6-9(15-7)12-2-4-14-5-3-12/h6H,2-5,11H2,1H3. The van der Waals surface area contributed by atoms with Gasteiger partial charge < -0.3 is 14.1 Å². The minimum atomic E-state index is -0.0854. The Balaban J connectivity index is 2.31. The van der Waals surface area contributed by atoms with Gasteiger partial charge in [0.15, 0.2) is 5.88 Å². The summed E-state index contributed by atoms with van der Waals surface area (Å²) >= 11 is 0.928. The first-order valence-corrected chi connectivity index (χ1v) is 5.94. The van der Waals surface area contributed by atoms with E-state index in [0.717, 1.165) is 25.0 Å². The fraction of sp³-hybridized carbons (Fsp3) is 0.500. The molecule has 0 spiro atoms. The van der Waals surface area contributed by atoms with Gasteiger partial charge in [-0.25, -0.2) is 0 Å². The van der Waals surface area contributed by atoms with Crippen molar-refractivity contribution in [3.63, 3.8) is 0 Å². The molecule has 0 amide bonds. The summed E-state index contributed by atoms with van der Waals surface area (Å²) in [6.07, 6.45) is 0. The Labute approximate surface area is 97.7 Å². The summed E-state index contributed by atoms with van der Waals surface area (Å²) in [4.78, 5) is 14.2. The number of nitrogens with zero attached hydrogens (tertiary/aromatic N) is 1. The number of hydrogen-bond donors (Lipinski definition) is 1. The van der Waals surface area contributed by atoms with Crippen molar-refractivity contribution in [1.82, 2.24) is 0 Å². The van der Waals surface area contributed by atoms with E-state index >= 15 is 0 Å². The average Bonchev–Trinajstić information content (AvgIpc) is 2.30. The van der Waals surface area contributed by atoms with E-state index < -0.39 is 0 Å². The molecular weight excluding hydrogens is 228 g/mol. The zero-order valence-electron chi connectivity index (χ0n) is 9.06. The third-order valence-corrected chi connectivity index (χ3v) is 3.22. The second-order valence-electron chi connectivity index (χ2n) is 3.55. The summed E-state index contributed by atoms with van der Waals surface area (Å²) in [5.74, 6) is 1.17. The fourth-order valence-electron chi connectivity index (χ4n) is 1.66. The predicted octanol–water partition coefficient (Wildman–Crippen LogP) is 0.751. The van der Waals surface area contributed by atoms with Gasteiger partial charge in [0, 0.05) is 19.2 Å². The normalized spacial score (nSPS) is 16.5. The molecule has 0 aromatic carbocycles. The molecule has 0 aliphatic carbocycles. The highest BCUT2D eigenvalue weighted by atomic mass is 32.2. The van der Waals surface area contributed by atoms with Crippen LogP contribution in [0.4, 0.5) is 5.88 Å². The molecule has 1 fully saturated rings. The molecule has 1 saturated heterocycles. The summed E-state index contributed by atoms with van der Waals surface area (Å²) in [7, 11) is 0. The van der Waals surface area contributed by atoms with Crippen LogP contribution in [0.25, 0.3) is 0 Å². The highest BCUT2D eigenvalue weighted by Gasteiger charge is 2.16. The molecule has 2 heterocycles. The van der Waals surface area contributed by atoms with Crippen LogP contribution in [-0.2, 0) is 4.74 Å². The number of rotatable bonds is 2. The van der Waals surface area contributed by atoms with E-state index in [1.807, 2.05) is 4.90 Å². The van der Waals surface area contributed by atoms with Crippen LogP contribution in [0, 0.1) is 6.92 Å². The summed E-state index contributed by atoms with van der Waals surface area (Å²) in [5.41, 5.74) is -0.0854. The van der Waals surface area contributed by atoms with Gasteiger partial charge in [-0.2, -0.15) is 0 Å². The molecule has 0 unspecified atom stereocenters. The van der Waals surface area contributed by atoms with Gasteiger partial charge in [0.25, 0.3) is 0 Å². The second kappa shape index (κ2) is 4.90. The number of hydrogen-bond acceptors (Lipinski definition) is 6. The molecule has 88 valence electrons. The van der Waals surface area contributed by atoms with Gasteiger partial charge in [0.2, 0.25) is 5.43 Å². The Morgan fingerprint density at radius 1 is 1.44 bits per heavy atom. The van der Waals surface area contributed by atoms with Crippen molar-refractivity contribution in [1.29, 1.82) is 0 Å². The summed E-state index contributed by atoms with van der Waals surface area (Å²) in [6.45, 7) is 4.57. The molecule has 0 bridgehead atoms. The molecule has 1 aliphatic rings. The minimum absolute atomic E-state index is 0.0854. The molecule has 0 atom stereocenters. The molecule has 2 N–H and O–H groups in total. The first-order chi connectivity index (χ1) is 7.72. The van der Waals surface area contributed by atoms with Gasteiger partial charge in [-0.1, -0.05) is 0 Å². The van der Waals surface area contributed by atoms with Crippen LogP contribution in [0.1, 0.15) is 5.76 Å². The van der Waals surface area contributed by atoms with Crippen LogP contribution in [0.2, 0.25) is 0 Å². The largest absolute Gasteiger partial charge is 0.444 e. The van der Waals surface area contributed by atoms with Crippen molar-refractivity contribution >= 4 is 17.8 Å². The zero-order chi connectivity index (χ0) is 11.5. The maximum absolute atomic E-state index is 11.7. The molecule has 1 aromatic rings. The Morgan fingerprint density at radius 3 is 2.69 bits per heavy atom. The molecule has 1 aromatic heterocycles. The maximum Gasteiger partial charge on any atom is 0.202 e. The number of morpholine rings is 1. The molecule has 2 rings (SSSR count). The van der Waals surface area contributed by atoms with Gasteiger partial charge in [-0.05, 0) is 18.9 Å². The lowest BCUT2D eigenvalue weighted by Crippen LogP contribution is -2.36. The van der Waals surface area contributed by atoms with Crippen LogP contribution in [0.3, 0.4) is 0 Å². The van der Waals surface area contributed by atoms with Gasteiger partial charge in [0.05, 0.1) is 13.2 Å². The molecule has 16 heavy (non-hydrogen) atoms. The van der Waals surface area contributed by atoms with Crippen LogP contribution < -0.4 is 15.5 Å². The van der Waals surface area contributed by atoms with Gasteiger partial charge >= 0.3 is 0 Å². The van der Waals surface area contributed by atoms with Crippen molar-refractivity contribution < 1.29 is 9.15 Å². The molecule has 5 nitrogen and oxygen atoms in total. The van der Waals surface area contributed by atoms with Crippen LogP contribution in [-0.4, -0.2) is 26.3 Å². The topological polar surface area (TPSA) is 68.7 Å². The van der Waals surface area contributed by atoms with Crippen molar-refractivity contribution in [3.8, 4) is 0 Å². The van der Waals surface area contributed by atoms with E-state index in [2.05, 4.69) is 0 Å². The van der Waals surface area contributed by atoms with Crippen LogP contribution >= 0.6 is 11.9 Å². The number of aryl methyl sites for hydroxylation is 1. The minimum Gasteiger partial charge on any atom is -0.444 e. The predicted molar refractivity (Wildman–Crippen MR) is 62.8 cm³/mol. The first kappa shape index (κ1) is 11.5. The number of nitrogens with two attached hydrogens (primary N) is 1. The van der Waals surface area contributed by atoms with Crippen LogP contribution in [0.15, 0.2) is 20.2 Å². The zero-order valence-corrected chi connectivity index (χ0v) is 9.88. The highest BCUT2D eigenvalue weighted by molar-refractivity contribution is 7.97. The van der Waals surface area contributed by atoms with E-state index in [1.165, 1.54) is 6.07 Å². The SMILES string of the molecule is Cc1oc(N2CCOCC2)cc(=O)c1SN. The summed E-state index contributed by atoms with van der Waals surface area (Å²) < 4.78 is 10.8. The van der Waals surface area contributed by atoms with E-state index in [9.17, 15) is 4.79 Å². The van der Waals surface area contributed by atoms with E-state index in [-0.39, 0.29) is 5.43 Å². The molecule has 6 heteroatoms. The maximum atomic E-state index is 11.7. The lowest BCUT2D eigenvalue weighted by Gasteiger charge is -2.27. The lowest BCUT2D eigenvalue weighted by molar-refractivity contribution is 0.120. The van der Waals surface area contributed by atoms with E-state index in [1.54, 1.807) is 6.92 Å². The monoisotopic (exact) mass is 242 g/mol. The smallest absolute Gasteiger partial charge is 0.202 e. The Bertz CT molecular complexity index is 427. The molecule has 0 radical (unpaired) electrons. The quantitative estimate of drug-likeness (QED) is 0.772. The Kier molecular flexibility index (Phi) is 3.52. The fourth-order valence-corrected chi connectivity index (χ4v) is 2.05. The third kappa shape index (κ3) is 2.23. The van der Waals surface area contributed by atoms with Gasteiger partial charge in [-0.15, -0.1) is 0 Å². The van der Waals surface area contributed by atoms with Crippen molar-refractivity contribution in [2.75, 3.05) is 31.2 Å².